The Morgan fingerprint density at radius 3 is 2.33 bits per heavy atom. The van der Waals surface area contributed by atoms with Gasteiger partial charge in [-0.3, -0.25) is 0 Å². The molecule has 21 heavy (non-hydrogen) atoms. The predicted molar refractivity (Wildman–Crippen MR) is 79.1 cm³/mol. The van der Waals surface area contributed by atoms with E-state index < -0.39 is 11.7 Å². The number of benzene rings is 1. The lowest BCUT2D eigenvalue weighted by molar-refractivity contribution is -0.138. The molecule has 0 amide bonds. The van der Waals surface area contributed by atoms with E-state index in [4.69, 9.17) is 5.73 Å². The molecule has 2 nitrogen and oxygen atoms in total. The van der Waals surface area contributed by atoms with Gasteiger partial charge in [0.15, 0.2) is 0 Å². The molecular weight excluding hydrogens is 277 g/mol. The molecule has 2 rings (SSSR count). The second-order valence-corrected chi connectivity index (χ2v) is 6.11. The molecule has 0 spiro atoms. The van der Waals surface area contributed by atoms with E-state index in [1.165, 1.54) is 12.1 Å². The van der Waals surface area contributed by atoms with Gasteiger partial charge in [0.1, 0.15) is 0 Å². The van der Waals surface area contributed by atoms with Crippen LogP contribution in [0, 0.1) is 11.8 Å². The molecule has 0 aromatic heterocycles. The minimum atomic E-state index is -4.35. The van der Waals surface area contributed by atoms with Crippen molar-refractivity contribution in [1.82, 2.24) is 0 Å². The monoisotopic (exact) mass is 300 g/mol. The van der Waals surface area contributed by atoms with Crippen molar-refractivity contribution in [1.29, 1.82) is 0 Å². The van der Waals surface area contributed by atoms with Crippen LogP contribution in [0.25, 0.3) is 0 Å². The van der Waals surface area contributed by atoms with Gasteiger partial charge in [-0.05, 0) is 42.4 Å². The van der Waals surface area contributed by atoms with Crippen molar-refractivity contribution < 1.29 is 13.2 Å². The van der Waals surface area contributed by atoms with E-state index in [1.54, 1.807) is 6.07 Å². The van der Waals surface area contributed by atoms with Gasteiger partial charge in [0.25, 0.3) is 0 Å². The van der Waals surface area contributed by atoms with Gasteiger partial charge in [-0.2, -0.15) is 13.2 Å². The van der Waals surface area contributed by atoms with Crippen molar-refractivity contribution in [2.45, 2.75) is 39.4 Å². The largest absolute Gasteiger partial charge is 0.416 e. The summed E-state index contributed by atoms with van der Waals surface area (Å²) in [5, 5.41) is 0. The number of nitrogens with zero attached hydrogens (tertiary/aromatic N) is 1. The molecule has 0 saturated carbocycles. The molecule has 1 aliphatic heterocycles. The minimum absolute atomic E-state index is 0.0927. The molecule has 0 radical (unpaired) electrons. The number of halogens is 3. The second kappa shape index (κ2) is 6.26. The van der Waals surface area contributed by atoms with E-state index in [0.29, 0.717) is 17.5 Å². The maximum absolute atomic E-state index is 13.1. The third kappa shape index (κ3) is 3.70. The predicted octanol–water partition coefficient (Wildman–Crippen LogP) is 4.04. The average Bonchev–Trinajstić information content (AvgIpc) is 2.45. The summed E-state index contributed by atoms with van der Waals surface area (Å²) < 4.78 is 39.2. The molecular formula is C16H23F3N2. The SMILES string of the molecule is CC(C)C1CCN(c2ccc(CN)c(C(F)(F)F)c2)CC1. The van der Waals surface area contributed by atoms with Gasteiger partial charge in [0.05, 0.1) is 5.56 Å². The van der Waals surface area contributed by atoms with Gasteiger partial charge in [-0.25, -0.2) is 0 Å². The lowest BCUT2D eigenvalue weighted by Gasteiger charge is -2.35. The molecule has 1 fully saturated rings. The zero-order valence-electron chi connectivity index (χ0n) is 12.6. The fourth-order valence-electron chi connectivity index (χ4n) is 3.03. The van der Waals surface area contributed by atoms with Crippen molar-refractivity contribution >= 4 is 5.69 Å². The molecule has 118 valence electrons. The van der Waals surface area contributed by atoms with E-state index in [0.717, 1.165) is 25.9 Å². The third-order valence-corrected chi connectivity index (χ3v) is 4.47. The molecule has 2 N–H and O–H groups in total. The summed E-state index contributed by atoms with van der Waals surface area (Å²) in [5.41, 5.74) is 5.62. The van der Waals surface area contributed by atoms with E-state index in [-0.39, 0.29) is 12.1 Å². The summed E-state index contributed by atoms with van der Waals surface area (Å²) in [6.07, 6.45) is -2.27. The van der Waals surface area contributed by atoms with E-state index in [1.807, 2.05) is 0 Å². The second-order valence-electron chi connectivity index (χ2n) is 6.11. The Kier molecular flexibility index (Phi) is 4.81. The number of hydrogen-bond donors (Lipinski definition) is 1. The van der Waals surface area contributed by atoms with E-state index >= 15 is 0 Å². The van der Waals surface area contributed by atoms with Crippen LogP contribution in [0.2, 0.25) is 0 Å². The van der Waals surface area contributed by atoms with Crippen molar-refractivity contribution in [3.05, 3.63) is 29.3 Å². The van der Waals surface area contributed by atoms with Crippen molar-refractivity contribution in [2.24, 2.45) is 17.6 Å². The molecule has 1 aromatic rings. The molecule has 0 atom stereocenters. The van der Waals surface area contributed by atoms with Crippen LogP contribution in [0.15, 0.2) is 18.2 Å². The Bertz CT molecular complexity index is 475. The van der Waals surface area contributed by atoms with E-state index in [2.05, 4.69) is 18.7 Å². The maximum Gasteiger partial charge on any atom is 0.416 e. The first kappa shape index (κ1) is 16.1. The number of rotatable bonds is 3. The van der Waals surface area contributed by atoms with Crippen LogP contribution >= 0.6 is 0 Å². The standard InChI is InChI=1S/C16H23F3N2/c1-11(2)12-5-7-21(8-6-12)14-4-3-13(10-20)15(9-14)16(17,18)19/h3-4,9,11-12H,5-8,10,20H2,1-2H3. The van der Waals surface area contributed by atoms with Gasteiger partial charge in [-0.1, -0.05) is 19.9 Å². The number of piperidine rings is 1. The van der Waals surface area contributed by atoms with Crippen LogP contribution in [0.4, 0.5) is 18.9 Å². The molecule has 0 unspecified atom stereocenters. The quantitative estimate of drug-likeness (QED) is 0.913. The summed E-state index contributed by atoms with van der Waals surface area (Å²) in [7, 11) is 0. The smallest absolute Gasteiger partial charge is 0.372 e. The summed E-state index contributed by atoms with van der Waals surface area (Å²) >= 11 is 0. The van der Waals surface area contributed by atoms with Gasteiger partial charge in [-0.15, -0.1) is 0 Å². The fourth-order valence-corrected chi connectivity index (χ4v) is 3.03. The topological polar surface area (TPSA) is 29.3 Å². The Morgan fingerprint density at radius 2 is 1.86 bits per heavy atom. The first-order valence-electron chi connectivity index (χ1n) is 7.48. The highest BCUT2D eigenvalue weighted by molar-refractivity contribution is 5.52. The summed E-state index contributed by atoms with van der Waals surface area (Å²) in [6, 6.07) is 4.51. The highest BCUT2D eigenvalue weighted by Crippen LogP contribution is 2.36. The number of anilines is 1. The summed E-state index contributed by atoms with van der Waals surface area (Å²) in [4.78, 5) is 2.05. The number of nitrogens with two attached hydrogens (primary N) is 1. The molecule has 5 heteroatoms. The third-order valence-electron chi connectivity index (χ3n) is 4.47. The van der Waals surface area contributed by atoms with Gasteiger partial charge >= 0.3 is 6.18 Å². The Hall–Kier alpha value is -1.23. The molecule has 1 aromatic carbocycles. The van der Waals surface area contributed by atoms with Crippen LogP contribution in [-0.2, 0) is 12.7 Å². The molecule has 0 bridgehead atoms. The Labute approximate surface area is 124 Å². The fraction of sp³-hybridized carbons (Fsp3) is 0.625. The van der Waals surface area contributed by atoms with Crippen LogP contribution in [0.3, 0.4) is 0 Å². The van der Waals surface area contributed by atoms with Crippen LogP contribution in [0.1, 0.15) is 37.8 Å². The van der Waals surface area contributed by atoms with Gasteiger partial charge in [0, 0.05) is 25.3 Å². The van der Waals surface area contributed by atoms with Gasteiger partial charge < -0.3 is 10.6 Å². The van der Waals surface area contributed by atoms with Crippen LogP contribution < -0.4 is 10.6 Å². The Balaban J connectivity index is 2.18. The maximum atomic E-state index is 13.1. The van der Waals surface area contributed by atoms with E-state index in [9.17, 15) is 13.2 Å². The minimum Gasteiger partial charge on any atom is -0.372 e. The van der Waals surface area contributed by atoms with Crippen molar-refractivity contribution in [3.8, 4) is 0 Å². The Morgan fingerprint density at radius 1 is 1.24 bits per heavy atom. The molecule has 1 heterocycles. The highest BCUT2D eigenvalue weighted by Gasteiger charge is 2.34. The lowest BCUT2D eigenvalue weighted by Crippen LogP contribution is -2.35. The first-order chi connectivity index (χ1) is 9.82. The van der Waals surface area contributed by atoms with Crippen LogP contribution in [0.5, 0.6) is 0 Å². The number of hydrogen-bond acceptors (Lipinski definition) is 2. The first-order valence-corrected chi connectivity index (χ1v) is 7.48. The average molecular weight is 300 g/mol. The van der Waals surface area contributed by atoms with Crippen LogP contribution in [-0.4, -0.2) is 13.1 Å². The van der Waals surface area contributed by atoms with Crippen molar-refractivity contribution in [2.75, 3.05) is 18.0 Å². The summed E-state index contributed by atoms with van der Waals surface area (Å²) in [5.74, 6) is 1.31. The highest BCUT2D eigenvalue weighted by atomic mass is 19.4. The van der Waals surface area contributed by atoms with Gasteiger partial charge in [0.2, 0.25) is 0 Å². The zero-order valence-corrected chi connectivity index (χ0v) is 12.6. The zero-order chi connectivity index (χ0) is 15.6. The molecule has 1 aliphatic rings. The molecule has 1 saturated heterocycles. The lowest BCUT2D eigenvalue weighted by atomic mass is 9.86. The molecule has 0 aliphatic carbocycles. The normalized spacial score (nSPS) is 17.6. The summed E-state index contributed by atoms with van der Waals surface area (Å²) in [6.45, 7) is 5.96. The van der Waals surface area contributed by atoms with Crippen molar-refractivity contribution in [3.63, 3.8) is 0 Å². The number of alkyl halides is 3.